The quantitative estimate of drug-likeness (QED) is 0.557. The number of rotatable bonds is 3. The summed E-state index contributed by atoms with van der Waals surface area (Å²) in [6.07, 6.45) is 5.49. The Balaban J connectivity index is 1.80. The van der Waals surface area contributed by atoms with Gasteiger partial charge < -0.3 is 4.98 Å². The van der Waals surface area contributed by atoms with Gasteiger partial charge in [-0.1, -0.05) is 18.2 Å². The topological polar surface area (TPSA) is 100 Å². The molecule has 0 saturated carbocycles. The number of pyridine rings is 1. The molecule has 3 aromatic rings. The van der Waals surface area contributed by atoms with Crippen molar-refractivity contribution in [2.24, 2.45) is 5.10 Å². The van der Waals surface area contributed by atoms with E-state index in [1.165, 1.54) is 24.8 Å². The first-order valence-corrected chi connectivity index (χ1v) is 6.45. The molecular weight excluding hydrogens is 282 g/mol. The van der Waals surface area contributed by atoms with Gasteiger partial charge in [-0.15, -0.1) is 0 Å². The van der Waals surface area contributed by atoms with Gasteiger partial charge in [0, 0.05) is 17.9 Å². The van der Waals surface area contributed by atoms with Gasteiger partial charge in [-0.2, -0.15) is 5.10 Å². The lowest BCUT2D eigenvalue weighted by atomic mass is 10.2. The number of hydrogen-bond acceptors (Lipinski definition) is 5. The lowest BCUT2D eigenvalue weighted by Gasteiger charge is -1.99. The average molecular weight is 293 g/mol. The van der Waals surface area contributed by atoms with Crippen molar-refractivity contribution in [2.45, 2.75) is 0 Å². The fourth-order valence-corrected chi connectivity index (χ4v) is 1.89. The number of carbonyl (C=O) groups is 1. The summed E-state index contributed by atoms with van der Waals surface area (Å²) < 4.78 is 0. The number of amides is 1. The van der Waals surface area contributed by atoms with Crippen molar-refractivity contribution in [3.05, 3.63) is 70.5 Å². The smallest absolute Gasteiger partial charge is 0.291 e. The number of para-hydroxylation sites is 1. The van der Waals surface area contributed by atoms with Gasteiger partial charge in [0.1, 0.15) is 5.69 Å². The van der Waals surface area contributed by atoms with E-state index in [0.717, 1.165) is 10.9 Å². The number of hydrogen-bond donors (Lipinski definition) is 2. The Morgan fingerprint density at radius 1 is 1.27 bits per heavy atom. The summed E-state index contributed by atoms with van der Waals surface area (Å²) in [5.74, 6) is -0.499. The summed E-state index contributed by atoms with van der Waals surface area (Å²) in [6.45, 7) is 0. The largest absolute Gasteiger partial charge is 0.321 e. The van der Waals surface area contributed by atoms with Crippen LogP contribution in [-0.4, -0.2) is 27.1 Å². The Morgan fingerprint density at radius 2 is 2.14 bits per heavy atom. The average Bonchev–Trinajstić information content (AvgIpc) is 2.56. The van der Waals surface area contributed by atoms with E-state index < -0.39 is 5.91 Å². The van der Waals surface area contributed by atoms with Gasteiger partial charge in [0.15, 0.2) is 0 Å². The number of nitrogens with one attached hydrogen (secondary N) is 2. The molecule has 0 unspecified atom stereocenters. The second-order valence-corrected chi connectivity index (χ2v) is 4.43. The van der Waals surface area contributed by atoms with Crippen LogP contribution in [0.4, 0.5) is 0 Å². The number of hydrazone groups is 1. The van der Waals surface area contributed by atoms with Crippen LogP contribution in [0, 0.1) is 0 Å². The third kappa shape index (κ3) is 2.88. The molecule has 0 saturated heterocycles. The fourth-order valence-electron chi connectivity index (χ4n) is 1.89. The first-order valence-electron chi connectivity index (χ1n) is 6.45. The third-order valence-electron chi connectivity index (χ3n) is 2.95. The standard InChI is InChI=1S/C15H11N5O2/c21-14-11(7-10-3-1-2-4-12(10)19-14)8-18-20-15(22)13-9-16-5-6-17-13/h1-9H,(H,19,21)(H,20,22). The molecule has 0 aliphatic rings. The van der Waals surface area contributed by atoms with Crippen molar-refractivity contribution in [3.8, 4) is 0 Å². The summed E-state index contributed by atoms with van der Waals surface area (Å²) in [5, 5.41) is 4.65. The first-order chi connectivity index (χ1) is 10.7. The Kier molecular flexibility index (Phi) is 3.69. The zero-order chi connectivity index (χ0) is 15.4. The molecule has 22 heavy (non-hydrogen) atoms. The SMILES string of the molecule is O=C(NN=Cc1cc2ccccc2[nH]c1=O)c1cnccn1. The molecule has 0 radical (unpaired) electrons. The highest BCUT2D eigenvalue weighted by Crippen LogP contribution is 2.08. The van der Waals surface area contributed by atoms with E-state index in [1.54, 1.807) is 6.07 Å². The normalized spacial score (nSPS) is 10.9. The van der Waals surface area contributed by atoms with E-state index in [4.69, 9.17) is 0 Å². The van der Waals surface area contributed by atoms with Crippen LogP contribution in [0.1, 0.15) is 16.1 Å². The number of carbonyl (C=O) groups excluding carboxylic acids is 1. The minimum atomic E-state index is -0.499. The summed E-state index contributed by atoms with van der Waals surface area (Å²) in [5.41, 5.74) is 3.25. The van der Waals surface area contributed by atoms with Crippen LogP contribution in [0.3, 0.4) is 0 Å². The van der Waals surface area contributed by atoms with Crippen molar-refractivity contribution in [3.63, 3.8) is 0 Å². The molecule has 2 heterocycles. The van der Waals surface area contributed by atoms with Gasteiger partial charge in [-0.25, -0.2) is 10.4 Å². The minimum Gasteiger partial charge on any atom is -0.321 e. The molecule has 7 heteroatoms. The molecule has 0 fully saturated rings. The number of benzene rings is 1. The van der Waals surface area contributed by atoms with E-state index >= 15 is 0 Å². The molecule has 0 aliphatic carbocycles. The second kappa shape index (κ2) is 5.96. The second-order valence-electron chi connectivity index (χ2n) is 4.43. The van der Waals surface area contributed by atoms with E-state index in [9.17, 15) is 9.59 Å². The van der Waals surface area contributed by atoms with E-state index in [2.05, 4.69) is 25.5 Å². The molecule has 0 bridgehead atoms. The summed E-state index contributed by atoms with van der Waals surface area (Å²) in [4.78, 5) is 34.0. The Morgan fingerprint density at radius 3 is 2.95 bits per heavy atom. The van der Waals surface area contributed by atoms with Crippen LogP contribution in [-0.2, 0) is 0 Å². The van der Waals surface area contributed by atoms with E-state index in [1.807, 2.05) is 24.3 Å². The van der Waals surface area contributed by atoms with Gasteiger partial charge in [0.05, 0.1) is 18.0 Å². The van der Waals surface area contributed by atoms with Gasteiger partial charge in [0.25, 0.3) is 11.5 Å². The number of aromatic nitrogens is 3. The Bertz CT molecular complexity index is 902. The Labute approximate surface area is 124 Å². The molecule has 7 nitrogen and oxygen atoms in total. The fraction of sp³-hybridized carbons (Fsp3) is 0. The maximum absolute atomic E-state index is 11.9. The van der Waals surface area contributed by atoms with Gasteiger partial charge >= 0.3 is 0 Å². The van der Waals surface area contributed by atoms with Gasteiger partial charge in [0.2, 0.25) is 0 Å². The van der Waals surface area contributed by atoms with E-state index in [0.29, 0.717) is 5.56 Å². The number of H-pyrrole nitrogens is 1. The highest BCUT2D eigenvalue weighted by molar-refractivity contribution is 5.93. The van der Waals surface area contributed by atoms with Crippen molar-refractivity contribution in [2.75, 3.05) is 0 Å². The molecule has 2 N–H and O–H groups in total. The maximum Gasteiger partial charge on any atom is 0.291 e. The first kappa shape index (κ1) is 13.6. The van der Waals surface area contributed by atoms with Crippen molar-refractivity contribution in [1.82, 2.24) is 20.4 Å². The van der Waals surface area contributed by atoms with Crippen LogP contribution < -0.4 is 11.0 Å². The number of aromatic amines is 1. The summed E-state index contributed by atoms with van der Waals surface area (Å²) >= 11 is 0. The lowest BCUT2D eigenvalue weighted by molar-refractivity contribution is 0.0949. The molecule has 1 amide bonds. The van der Waals surface area contributed by atoms with E-state index in [-0.39, 0.29) is 11.3 Å². The zero-order valence-corrected chi connectivity index (χ0v) is 11.4. The number of nitrogens with zero attached hydrogens (tertiary/aromatic N) is 3. The third-order valence-corrected chi connectivity index (χ3v) is 2.95. The highest BCUT2D eigenvalue weighted by Gasteiger charge is 2.05. The predicted molar refractivity (Wildman–Crippen MR) is 81.7 cm³/mol. The summed E-state index contributed by atoms with van der Waals surface area (Å²) in [6, 6.07) is 9.10. The zero-order valence-electron chi connectivity index (χ0n) is 11.4. The van der Waals surface area contributed by atoms with Gasteiger partial charge in [-0.3, -0.25) is 14.6 Å². The highest BCUT2D eigenvalue weighted by atomic mass is 16.2. The van der Waals surface area contributed by atoms with Crippen LogP contribution in [0.25, 0.3) is 10.9 Å². The van der Waals surface area contributed by atoms with Crippen LogP contribution in [0.2, 0.25) is 0 Å². The predicted octanol–water partition coefficient (Wildman–Crippen LogP) is 1.08. The Hall–Kier alpha value is -3.35. The van der Waals surface area contributed by atoms with Crippen LogP contribution in [0.15, 0.2) is 58.8 Å². The maximum atomic E-state index is 11.9. The molecule has 2 aromatic heterocycles. The monoisotopic (exact) mass is 293 g/mol. The molecule has 108 valence electrons. The number of fused-ring (bicyclic) bond motifs is 1. The molecule has 0 spiro atoms. The van der Waals surface area contributed by atoms with Gasteiger partial charge in [-0.05, 0) is 17.5 Å². The molecule has 1 aromatic carbocycles. The van der Waals surface area contributed by atoms with Crippen molar-refractivity contribution >= 4 is 23.0 Å². The molecular formula is C15H11N5O2. The molecule has 3 rings (SSSR count). The molecule has 0 aliphatic heterocycles. The molecule has 0 atom stereocenters. The lowest BCUT2D eigenvalue weighted by Crippen LogP contribution is -2.20. The van der Waals surface area contributed by atoms with Crippen LogP contribution in [0.5, 0.6) is 0 Å². The minimum absolute atomic E-state index is 0.145. The van der Waals surface area contributed by atoms with Crippen LogP contribution >= 0.6 is 0 Å². The summed E-state index contributed by atoms with van der Waals surface area (Å²) in [7, 11) is 0. The van der Waals surface area contributed by atoms with Crippen molar-refractivity contribution < 1.29 is 4.79 Å². The van der Waals surface area contributed by atoms with Crippen molar-refractivity contribution in [1.29, 1.82) is 0 Å².